The second-order valence-corrected chi connectivity index (χ2v) is 10.4. The van der Waals surface area contributed by atoms with Crippen molar-refractivity contribution < 1.29 is 34.4 Å². The summed E-state index contributed by atoms with van der Waals surface area (Å²) in [5.41, 5.74) is 0.474. The Morgan fingerprint density at radius 3 is 2.52 bits per heavy atom. The lowest BCUT2D eigenvalue weighted by Gasteiger charge is -2.38. The van der Waals surface area contributed by atoms with Crippen molar-refractivity contribution in [1.29, 1.82) is 0 Å². The third-order valence-corrected chi connectivity index (χ3v) is 6.85. The number of hydrogen-bond acceptors (Lipinski definition) is 7. The topological polar surface area (TPSA) is 120 Å². The van der Waals surface area contributed by atoms with Crippen molar-refractivity contribution in [3.63, 3.8) is 0 Å². The minimum Gasteiger partial charge on any atom is -0.393 e. The Bertz CT molecular complexity index is 719. The number of carbonyl (C=O) groups excluding carboxylic acids is 2. The molecule has 0 unspecified atom stereocenters. The van der Waals surface area contributed by atoms with Crippen LogP contribution in [0.2, 0.25) is 0 Å². The largest absolute Gasteiger partial charge is 0.393 e. The molecule has 0 bridgehead atoms. The van der Waals surface area contributed by atoms with Gasteiger partial charge in [0.1, 0.15) is 6.10 Å². The summed E-state index contributed by atoms with van der Waals surface area (Å²) in [7, 11) is 0. The smallest absolute Gasteiger partial charge is 0.253 e. The van der Waals surface area contributed by atoms with E-state index in [-0.39, 0.29) is 41.3 Å². The molecule has 0 aliphatic carbocycles. The van der Waals surface area contributed by atoms with Crippen LogP contribution in [-0.4, -0.2) is 81.8 Å². The van der Waals surface area contributed by atoms with Gasteiger partial charge in [0.05, 0.1) is 37.1 Å². The lowest BCUT2D eigenvalue weighted by atomic mass is 9.85. The van der Waals surface area contributed by atoms with E-state index in [0.29, 0.717) is 38.0 Å². The van der Waals surface area contributed by atoms with Crippen LogP contribution in [0.25, 0.3) is 0 Å². The highest BCUT2D eigenvalue weighted by atomic mass is 16.6. The minimum atomic E-state index is -1.07. The molecular weight excluding hydrogens is 402 g/mol. The van der Waals surface area contributed by atoms with E-state index < -0.39 is 24.4 Å². The third-order valence-electron chi connectivity index (χ3n) is 6.85. The van der Waals surface area contributed by atoms with E-state index in [2.05, 4.69) is 0 Å². The molecule has 0 aromatic rings. The molecule has 3 saturated heterocycles. The molecule has 0 aromatic carbocycles. The second-order valence-electron chi connectivity index (χ2n) is 10.4. The van der Waals surface area contributed by atoms with Gasteiger partial charge >= 0.3 is 0 Å². The lowest BCUT2D eigenvalue weighted by Crippen LogP contribution is -2.50. The zero-order chi connectivity index (χ0) is 23.1. The van der Waals surface area contributed by atoms with Crippen molar-refractivity contribution in [2.24, 2.45) is 17.3 Å². The fourth-order valence-corrected chi connectivity index (χ4v) is 4.65. The van der Waals surface area contributed by atoms with Crippen LogP contribution in [0.1, 0.15) is 53.9 Å². The molecule has 3 N–H and O–H groups in total. The van der Waals surface area contributed by atoms with Crippen LogP contribution < -0.4 is 0 Å². The van der Waals surface area contributed by atoms with Crippen molar-refractivity contribution in [3.8, 4) is 0 Å². The van der Waals surface area contributed by atoms with Crippen molar-refractivity contribution in [2.75, 3.05) is 13.2 Å². The van der Waals surface area contributed by atoms with Gasteiger partial charge in [0, 0.05) is 30.9 Å². The average Bonchev–Trinajstić information content (AvgIpc) is 3.37. The molecule has 2 amide bonds. The molecule has 0 spiro atoms. The quantitative estimate of drug-likeness (QED) is 0.400. The van der Waals surface area contributed by atoms with Crippen LogP contribution in [0, 0.1) is 17.3 Å². The number of aliphatic hydroxyl groups is 3. The normalized spacial score (nSPS) is 37.6. The zero-order valence-electron chi connectivity index (χ0n) is 19.2. The first-order valence-corrected chi connectivity index (χ1v) is 11.2. The van der Waals surface area contributed by atoms with Gasteiger partial charge in [-0.3, -0.25) is 14.5 Å². The molecule has 0 saturated carbocycles. The van der Waals surface area contributed by atoms with E-state index >= 15 is 0 Å². The van der Waals surface area contributed by atoms with Gasteiger partial charge in [-0.05, 0) is 32.1 Å². The average molecular weight is 440 g/mol. The Morgan fingerprint density at radius 1 is 1.26 bits per heavy atom. The molecule has 8 atom stereocenters. The number of nitrogens with zero attached hydrogens (tertiary/aromatic N) is 1. The minimum absolute atomic E-state index is 0.0164. The highest BCUT2D eigenvalue weighted by Gasteiger charge is 2.48. The summed E-state index contributed by atoms with van der Waals surface area (Å²) in [6, 6.07) is 0. The van der Waals surface area contributed by atoms with Crippen molar-refractivity contribution in [2.45, 2.75) is 90.5 Å². The van der Waals surface area contributed by atoms with Crippen molar-refractivity contribution >= 4 is 11.8 Å². The van der Waals surface area contributed by atoms with Crippen molar-refractivity contribution in [3.05, 3.63) is 11.6 Å². The second kappa shape index (κ2) is 9.27. The van der Waals surface area contributed by atoms with Crippen molar-refractivity contribution in [1.82, 2.24) is 4.90 Å². The highest BCUT2D eigenvalue weighted by molar-refractivity contribution is 6.02. The fourth-order valence-electron chi connectivity index (χ4n) is 4.65. The highest BCUT2D eigenvalue weighted by Crippen LogP contribution is 2.38. The number of hydrogen-bond donors (Lipinski definition) is 3. The Labute approximate surface area is 184 Å². The maximum absolute atomic E-state index is 12.5. The molecule has 3 heterocycles. The number of amides is 2. The standard InChI is InChI=1S/C23H37NO7/c1-12(7-18(26)24-11-23(4,5)9-19(24)27)6-16-21(29)20(28)15(10-30-16)8-17-22(31-17)13(2)14(3)25/h7,13-17,20-22,25,28-29H,6,8-11H2,1-5H3/b12-7+/t13-,14-,15-,16-,17-,20+,21-,22-/m0/s1. The van der Waals surface area contributed by atoms with E-state index in [4.69, 9.17) is 9.47 Å². The van der Waals surface area contributed by atoms with E-state index in [1.807, 2.05) is 20.8 Å². The molecule has 0 aromatic heterocycles. The van der Waals surface area contributed by atoms with Crippen LogP contribution in [-0.2, 0) is 19.1 Å². The third kappa shape index (κ3) is 5.73. The summed E-state index contributed by atoms with van der Waals surface area (Å²) in [5, 5.41) is 30.9. The number of carbonyl (C=O) groups is 2. The van der Waals surface area contributed by atoms with Gasteiger partial charge in [0.15, 0.2) is 0 Å². The lowest BCUT2D eigenvalue weighted by molar-refractivity contribution is -0.165. The summed E-state index contributed by atoms with van der Waals surface area (Å²) < 4.78 is 11.5. The molecule has 8 heteroatoms. The molecule has 3 rings (SSSR count). The monoisotopic (exact) mass is 439 g/mol. The molecule has 176 valence electrons. The van der Waals surface area contributed by atoms with E-state index in [1.54, 1.807) is 13.8 Å². The van der Waals surface area contributed by atoms with Gasteiger partial charge in [-0.25, -0.2) is 0 Å². The summed E-state index contributed by atoms with van der Waals surface area (Å²) in [5.74, 6) is -0.752. The molecule has 8 nitrogen and oxygen atoms in total. The van der Waals surface area contributed by atoms with Crippen LogP contribution >= 0.6 is 0 Å². The maximum atomic E-state index is 12.5. The first-order chi connectivity index (χ1) is 14.4. The number of likely N-dealkylation sites (tertiary alicyclic amines) is 1. The van der Waals surface area contributed by atoms with Gasteiger partial charge in [-0.15, -0.1) is 0 Å². The molecule has 3 aliphatic rings. The van der Waals surface area contributed by atoms with E-state index in [0.717, 1.165) is 0 Å². The Morgan fingerprint density at radius 2 is 1.94 bits per heavy atom. The van der Waals surface area contributed by atoms with Gasteiger partial charge < -0.3 is 24.8 Å². The SMILES string of the molecule is C/C(=C\C(=O)N1CC(C)(C)CC1=O)C[C@@H]1OC[C@H](C[C@@H]2O[C@H]2[C@@H](C)[C@H](C)O)[C@@H](O)[C@H]1O. The summed E-state index contributed by atoms with van der Waals surface area (Å²) in [4.78, 5) is 25.9. The Balaban J connectivity index is 1.51. The molecular formula is C23H37NO7. The predicted octanol–water partition coefficient (Wildman–Crippen LogP) is 1.02. The van der Waals surface area contributed by atoms with Crippen LogP contribution in [0.15, 0.2) is 11.6 Å². The van der Waals surface area contributed by atoms with E-state index in [9.17, 15) is 24.9 Å². The molecule has 0 radical (unpaired) electrons. The van der Waals surface area contributed by atoms with E-state index in [1.165, 1.54) is 11.0 Å². The zero-order valence-corrected chi connectivity index (χ0v) is 19.2. The van der Waals surface area contributed by atoms with Gasteiger partial charge in [-0.1, -0.05) is 26.3 Å². The summed E-state index contributed by atoms with van der Waals surface area (Å²) in [6.07, 6.45) is -0.541. The first kappa shape index (κ1) is 24.3. The number of imide groups is 1. The number of aliphatic hydroxyl groups excluding tert-OH is 3. The predicted molar refractivity (Wildman–Crippen MR) is 113 cm³/mol. The Kier molecular flexibility index (Phi) is 7.28. The molecule has 3 aliphatic heterocycles. The van der Waals surface area contributed by atoms with Gasteiger partial charge in [-0.2, -0.15) is 0 Å². The van der Waals surface area contributed by atoms with Crippen LogP contribution in [0.4, 0.5) is 0 Å². The fraction of sp³-hybridized carbons (Fsp3) is 0.826. The van der Waals surface area contributed by atoms with Crippen LogP contribution in [0.5, 0.6) is 0 Å². The maximum Gasteiger partial charge on any atom is 0.253 e. The Hall–Kier alpha value is -1.32. The van der Waals surface area contributed by atoms with Gasteiger partial charge in [0.2, 0.25) is 5.91 Å². The van der Waals surface area contributed by atoms with Gasteiger partial charge in [0.25, 0.3) is 5.91 Å². The summed E-state index contributed by atoms with van der Waals surface area (Å²) >= 11 is 0. The van der Waals surface area contributed by atoms with Crippen LogP contribution in [0.3, 0.4) is 0 Å². The summed E-state index contributed by atoms with van der Waals surface area (Å²) in [6.45, 7) is 10.0. The first-order valence-electron chi connectivity index (χ1n) is 11.2. The number of rotatable bonds is 7. The number of epoxide rings is 1. The molecule has 31 heavy (non-hydrogen) atoms. The number of ether oxygens (including phenoxy) is 2. The molecule has 3 fully saturated rings.